The van der Waals surface area contributed by atoms with E-state index < -0.39 is 0 Å². The SMILES string of the molecule is CC(CC1=CCC(N2CCCC2)C=C1)C1C=C[N+](CCSSCC[N+]2=CCC(C(C)CC3C=CC(N4CCCC4)=CC3)C=C2)=CC1. The molecule has 0 aromatic heterocycles. The van der Waals surface area contributed by atoms with Crippen LogP contribution in [0.1, 0.15) is 78.1 Å². The van der Waals surface area contributed by atoms with Gasteiger partial charge in [0.25, 0.3) is 0 Å². The summed E-state index contributed by atoms with van der Waals surface area (Å²) in [6.45, 7) is 12.2. The molecule has 0 amide bonds. The van der Waals surface area contributed by atoms with E-state index in [1.165, 1.54) is 108 Å². The van der Waals surface area contributed by atoms with Gasteiger partial charge in [-0.1, -0.05) is 71.4 Å². The molecule has 0 aromatic rings. The Morgan fingerprint density at radius 3 is 1.93 bits per heavy atom. The van der Waals surface area contributed by atoms with Crippen LogP contribution in [0.25, 0.3) is 0 Å². The van der Waals surface area contributed by atoms with Crippen molar-refractivity contribution in [3.63, 3.8) is 0 Å². The van der Waals surface area contributed by atoms with Crippen molar-refractivity contribution < 1.29 is 9.15 Å². The smallest absolute Gasteiger partial charge is 0.164 e. The van der Waals surface area contributed by atoms with Gasteiger partial charge in [0.05, 0.1) is 11.5 Å². The van der Waals surface area contributed by atoms with Gasteiger partial charge in [0, 0.05) is 37.7 Å². The molecule has 46 heavy (non-hydrogen) atoms. The molecule has 6 aliphatic rings. The Balaban J connectivity index is 0.797. The van der Waals surface area contributed by atoms with E-state index in [1.807, 2.05) is 21.6 Å². The van der Waals surface area contributed by atoms with Crippen LogP contribution in [0.3, 0.4) is 0 Å². The van der Waals surface area contributed by atoms with Gasteiger partial charge in [-0.25, -0.2) is 9.15 Å². The summed E-state index contributed by atoms with van der Waals surface area (Å²) in [6.07, 6.45) is 42.1. The van der Waals surface area contributed by atoms with Gasteiger partial charge in [-0.2, -0.15) is 0 Å². The molecule has 4 nitrogen and oxygen atoms in total. The highest BCUT2D eigenvalue weighted by Gasteiger charge is 2.25. The molecule has 6 atom stereocenters. The van der Waals surface area contributed by atoms with Crippen LogP contribution in [0.15, 0.2) is 72.3 Å². The zero-order valence-corrected chi connectivity index (χ0v) is 30.4. The van der Waals surface area contributed by atoms with Crippen LogP contribution in [0, 0.1) is 29.6 Å². The molecule has 2 fully saturated rings. The number of nitrogens with zero attached hydrogens (tertiary/aromatic N) is 4. The third-order valence-corrected chi connectivity index (χ3v) is 13.7. The third-order valence-electron chi connectivity index (χ3n) is 11.3. The highest BCUT2D eigenvalue weighted by atomic mass is 33.1. The molecule has 0 saturated carbocycles. The van der Waals surface area contributed by atoms with E-state index in [-0.39, 0.29) is 0 Å². The van der Waals surface area contributed by atoms with Crippen molar-refractivity contribution in [3.8, 4) is 0 Å². The van der Waals surface area contributed by atoms with Gasteiger partial charge in [0.1, 0.15) is 12.4 Å². The third kappa shape index (κ3) is 9.89. The first-order valence-electron chi connectivity index (χ1n) is 18.6. The van der Waals surface area contributed by atoms with E-state index in [1.54, 1.807) is 5.57 Å². The summed E-state index contributed by atoms with van der Waals surface area (Å²) in [5, 5.41) is 0. The van der Waals surface area contributed by atoms with E-state index in [4.69, 9.17) is 0 Å². The Morgan fingerprint density at radius 2 is 1.37 bits per heavy atom. The lowest BCUT2D eigenvalue weighted by Crippen LogP contribution is -2.31. The van der Waals surface area contributed by atoms with E-state index in [2.05, 4.69) is 106 Å². The van der Waals surface area contributed by atoms with Crippen LogP contribution >= 0.6 is 21.6 Å². The quantitative estimate of drug-likeness (QED) is 0.0991. The molecule has 6 heteroatoms. The molecule has 0 radical (unpaired) electrons. The first-order valence-corrected chi connectivity index (χ1v) is 21.1. The van der Waals surface area contributed by atoms with E-state index in [9.17, 15) is 0 Å². The lowest BCUT2D eigenvalue weighted by molar-refractivity contribution is -0.450. The summed E-state index contributed by atoms with van der Waals surface area (Å²) in [5.74, 6) is 5.82. The zero-order valence-electron chi connectivity index (χ0n) is 28.7. The molecule has 0 bridgehead atoms. The summed E-state index contributed by atoms with van der Waals surface area (Å²) in [5.41, 5.74) is 3.03. The van der Waals surface area contributed by atoms with E-state index in [0.29, 0.717) is 29.7 Å². The van der Waals surface area contributed by atoms with Gasteiger partial charge >= 0.3 is 0 Å². The average molecular weight is 661 g/mol. The molecule has 2 saturated heterocycles. The second kappa shape index (κ2) is 17.6. The maximum Gasteiger partial charge on any atom is 0.164 e. The fourth-order valence-electron chi connectivity index (χ4n) is 8.18. The summed E-state index contributed by atoms with van der Waals surface area (Å²) >= 11 is 0. The second-order valence-corrected chi connectivity index (χ2v) is 17.4. The van der Waals surface area contributed by atoms with Crippen molar-refractivity contribution in [2.45, 2.75) is 84.1 Å². The molecular weight excluding hydrogens is 601 g/mol. The number of hydrogen-bond acceptors (Lipinski definition) is 4. The molecule has 4 heterocycles. The van der Waals surface area contributed by atoms with Gasteiger partial charge in [0.15, 0.2) is 25.5 Å². The summed E-state index contributed by atoms with van der Waals surface area (Å²) < 4.78 is 4.85. The number of hydrogen-bond donors (Lipinski definition) is 0. The number of allylic oxidation sites excluding steroid dienone is 7. The van der Waals surface area contributed by atoms with Crippen molar-refractivity contribution in [1.82, 2.24) is 9.80 Å². The lowest BCUT2D eigenvalue weighted by Gasteiger charge is -2.27. The molecule has 4 aliphatic heterocycles. The second-order valence-electron chi connectivity index (χ2n) is 14.7. The van der Waals surface area contributed by atoms with E-state index in [0.717, 1.165) is 19.0 Å². The van der Waals surface area contributed by atoms with Gasteiger partial charge in [-0.3, -0.25) is 4.90 Å². The fraction of sp³-hybridized carbons (Fsp3) is 0.650. The summed E-state index contributed by atoms with van der Waals surface area (Å²) in [7, 11) is 4.06. The van der Waals surface area contributed by atoms with Gasteiger partial charge in [-0.15, -0.1) is 0 Å². The molecule has 0 spiro atoms. The number of rotatable bonds is 15. The Bertz CT molecular complexity index is 1240. The Morgan fingerprint density at radius 1 is 0.717 bits per heavy atom. The van der Waals surface area contributed by atoms with Crippen LogP contribution in [-0.2, 0) is 0 Å². The summed E-state index contributed by atoms with van der Waals surface area (Å²) in [4.78, 5) is 5.23. The Kier molecular flexibility index (Phi) is 13.0. The van der Waals surface area contributed by atoms with Crippen molar-refractivity contribution in [3.05, 3.63) is 72.3 Å². The number of likely N-dealkylation sites (tertiary alicyclic amines) is 2. The van der Waals surface area contributed by atoms with Crippen molar-refractivity contribution in [2.24, 2.45) is 29.6 Å². The minimum Gasteiger partial charge on any atom is -0.372 e. The largest absolute Gasteiger partial charge is 0.372 e. The molecule has 2 aliphatic carbocycles. The maximum atomic E-state index is 2.66. The lowest BCUT2D eigenvalue weighted by atomic mass is 9.81. The van der Waals surface area contributed by atoms with Gasteiger partial charge in [-0.05, 0) is 112 Å². The van der Waals surface area contributed by atoms with Crippen LogP contribution in [0.5, 0.6) is 0 Å². The molecule has 6 rings (SSSR count). The van der Waals surface area contributed by atoms with Crippen molar-refractivity contribution in [1.29, 1.82) is 0 Å². The molecule has 0 aromatic carbocycles. The Labute approximate surface area is 288 Å². The average Bonchev–Trinajstić information content (AvgIpc) is 3.84. The normalized spacial score (nSPS) is 29.5. The van der Waals surface area contributed by atoms with Crippen LogP contribution < -0.4 is 0 Å². The van der Waals surface area contributed by atoms with Crippen LogP contribution in [-0.4, -0.2) is 88.2 Å². The maximum absolute atomic E-state index is 2.66. The van der Waals surface area contributed by atoms with Gasteiger partial charge in [0.2, 0.25) is 0 Å². The first-order chi connectivity index (χ1) is 22.6. The zero-order chi connectivity index (χ0) is 31.6. The van der Waals surface area contributed by atoms with Gasteiger partial charge < -0.3 is 4.90 Å². The fourth-order valence-corrected chi connectivity index (χ4v) is 10.1. The molecular formula is C40H60N4S2+2. The van der Waals surface area contributed by atoms with E-state index >= 15 is 0 Å². The minimum atomic E-state index is 0.649. The highest BCUT2D eigenvalue weighted by Crippen LogP contribution is 2.32. The van der Waals surface area contributed by atoms with Crippen LogP contribution in [0.4, 0.5) is 0 Å². The molecule has 250 valence electrons. The molecule has 0 N–H and O–H groups in total. The summed E-state index contributed by atoms with van der Waals surface area (Å²) in [6, 6.07) is 0.649. The first kappa shape index (κ1) is 34.1. The van der Waals surface area contributed by atoms with Crippen LogP contribution in [0.2, 0.25) is 0 Å². The monoisotopic (exact) mass is 660 g/mol. The highest BCUT2D eigenvalue weighted by molar-refractivity contribution is 8.76. The van der Waals surface area contributed by atoms with Crippen molar-refractivity contribution in [2.75, 3.05) is 50.8 Å². The molecule has 6 unspecified atom stereocenters. The topological polar surface area (TPSA) is 12.5 Å². The standard InChI is InChI=1S/C40H60N4S2/c1-33(31-35-7-11-39(12-8-35)43-19-3-4-20-43)37-15-23-41(24-16-37)27-29-45-46-30-28-42-25-17-38(18-26-42)34(2)32-36-9-13-40(14-10-36)44-21-5-6-22-44/h7-9,11,13-15,17,23-26,33-34,36-39H,3-6,10,12,16,18-22,27-32H2,1-2H3/q+2. The van der Waals surface area contributed by atoms with Crippen molar-refractivity contribution >= 4 is 34.0 Å². The Hall–Kier alpha value is -1.76. The predicted molar refractivity (Wildman–Crippen MR) is 202 cm³/mol. The minimum absolute atomic E-state index is 0.649. The predicted octanol–water partition coefficient (Wildman–Crippen LogP) is 8.56.